The summed E-state index contributed by atoms with van der Waals surface area (Å²) < 4.78 is 0. The van der Waals surface area contributed by atoms with Gasteiger partial charge in [0.1, 0.15) is 5.65 Å². The number of piperidine rings is 1. The van der Waals surface area contributed by atoms with Gasteiger partial charge in [-0.15, -0.1) is 0 Å². The molecule has 0 radical (unpaired) electrons. The highest BCUT2D eigenvalue weighted by atomic mass is 16.4. The molecule has 21 heavy (non-hydrogen) atoms. The van der Waals surface area contributed by atoms with E-state index in [4.69, 9.17) is 5.11 Å². The summed E-state index contributed by atoms with van der Waals surface area (Å²) in [4.78, 5) is 20.9. The molecule has 3 rings (SSSR count). The Labute approximate surface area is 124 Å². The minimum absolute atomic E-state index is 0.283. The number of nitrogens with one attached hydrogen (secondary N) is 1. The molecule has 1 fully saturated rings. The second-order valence-electron chi connectivity index (χ2n) is 5.89. The van der Waals surface area contributed by atoms with E-state index in [9.17, 15) is 4.79 Å². The summed E-state index contributed by atoms with van der Waals surface area (Å²) >= 11 is 0. The van der Waals surface area contributed by atoms with Crippen molar-refractivity contribution in [2.75, 3.05) is 13.1 Å². The minimum atomic E-state index is -0.689. The average molecular weight is 287 g/mol. The van der Waals surface area contributed by atoms with Crippen LogP contribution in [0.25, 0.3) is 11.0 Å². The highest BCUT2D eigenvalue weighted by Gasteiger charge is 2.20. The summed E-state index contributed by atoms with van der Waals surface area (Å²) in [6.07, 6.45) is 5.27. The maximum absolute atomic E-state index is 10.7. The SMILES string of the molecule is O=C(O)CCC1CCCN(Cc2ccc3cc[nH]c3n2)C1. The molecule has 2 aromatic heterocycles. The quantitative estimate of drug-likeness (QED) is 0.887. The topological polar surface area (TPSA) is 69.2 Å². The summed E-state index contributed by atoms with van der Waals surface area (Å²) in [5, 5.41) is 9.93. The molecular formula is C16H21N3O2. The van der Waals surface area contributed by atoms with Gasteiger partial charge in [0.25, 0.3) is 0 Å². The summed E-state index contributed by atoms with van der Waals surface area (Å²) in [6, 6.07) is 6.20. The third-order valence-corrected chi connectivity index (χ3v) is 4.22. The number of carbonyl (C=O) groups is 1. The van der Waals surface area contributed by atoms with Crippen LogP contribution in [-0.2, 0) is 11.3 Å². The molecule has 112 valence electrons. The van der Waals surface area contributed by atoms with Crippen LogP contribution in [-0.4, -0.2) is 39.0 Å². The lowest BCUT2D eigenvalue weighted by Gasteiger charge is -2.32. The van der Waals surface area contributed by atoms with Crippen LogP contribution in [0.15, 0.2) is 24.4 Å². The fraction of sp³-hybridized carbons (Fsp3) is 0.500. The molecule has 3 heterocycles. The second kappa shape index (κ2) is 6.26. The molecule has 1 aliphatic rings. The van der Waals surface area contributed by atoms with E-state index in [0.717, 1.165) is 55.6 Å². The summed E-state index contributed by atoms with van der Waals surface area (Å²) in [5.74, 6) is -0.185. The number of aromatic nitrogens is 2. The Morgan fingerprint density at radius 1 is 1.43 bits per heavy atom. The lowest BCUT2D eigenvalue weighted by molar-refractivity contribution is -0.137. The van der Waals surface area contributed by atoms with Crippen LogP contribution in [0.1, 0.15) is 31.4 Å². The van der Waals surface area contributed by atoms with Gasteiger partial charge in [-0.25, -0.2) is 4.98 Å². The van der Waals surface area contributed by atoms with E-state index in [-0.39, 0.29) is 6.42 Å². The molecule has 5 nitrogen and oxygen atoms in total. The van der Waals surface area contributed by atoms with Gasteiger partial charge in [0.15, 0.2) is 0 Å². The van der Waals surface area contributed by atoms with Crippen LogP contribution in [0.2, 0.25) is 0 Å². The summed E-state index contributed by atoms with van der Waals surface area (Å²) in [7, 11) is 0. The maximum Gasteiger partial charge on any atom is 0.303 e. The second-order valence-corrected chi connectivity index (χ2v) is 5.89. The van der Waals surface area contributed by atoms with Crippen LogP contribution >= 0.6 is 0 Å². The van der Waals surface area contributed by atoms with E-state index in [1.54, 1.807) is 0 Å². The Morgan fingerprint density at radius 2 is 2.33 bits per heavy atom. The Morgan fingerprint density at radius 3 is 3.19 bits per heavy atom. The molecule has 2 aromatic rings. The summed E-state index contributed by atoms with van der Waals surface area (Å²) in [6.45, 7) is 2.91. The smallest absolute Gasteiger partial charge is 0.303 e. The van der Waals surface area contributed by atoms with Gasteiger partial charge < -0.3 is 10.1 Å². The number of hydrogen-bond donors (Lipinski definition) is 2. The molecule has 0 aliphatic carbocycles. The van der Waals surface area contributed by atoms with Crippen molar-refractivity contribution in [2.24, 2.45) is 5.92 Å². The van der Waals surface area contributed by atoms with E-state index in [1.165, 1.54) is 0 Å². The van der Waals surface area contributed by atoms with Crippen molar-refractivity contribution in [1.82, 2.24) is 14.9 Å². The first-order valence-corrected chi connectivity index (χ1v) is 7.58. The van der Waals surface area contributed by atoms with Crippen molar-refractivity contribution in [1.29, 1.82) is 0 Å². The molecule has 1 unspecified atom stereocenters. The third kappa shape index (κ3) is 3.61. The Bertz CT molecular complexity index is 623. The molecule has 0 amide bonds. The van der Waals surface area contributed by atoms with Crippen molar-refractivity contribution in [3.05, 3.63) is 30.1 Å². The number of rotatable bonds is 5. The zero-order valence-electron chi connectivity index (χ0n) is 12.1. The number of nitrogens with zero attached hydrogens (tertiary/aromatic N) is 2. The highest BCUT2D eigenvalue weighted by Crippen LogP contribution is 2.22. The van der Waals surface area contributed by atoms with Crippen molar-refractivity contribution >= 4 is 17.0 Å². The average Bonchev–Trinajstić information content (AvgIpc) is 2.93. The largest absolute Gasteiger partial charge is 0.481 e. The number of fused-ring (bicyclic) bond motifs is 1. The van der Waals surface area contributed by atoms with Crippen LogP contribution in [0.4, 0.5) is 0 Å². The molecular weight excluding hydrogens is 266 g/mol. The van der Waals surface area contributed by atoms with Crippen molar-refractivity contribution in [3.8, 4) is 0 Å². The predicted octanol–water partition coefficient (Wildman–Crippen LogP) is 2.64. The normalized spacial score (nSPS) is 19.9. The fourth-order valence-corrected chi connectivity index (χ4v) is 3.15. The Hall–Kier alpha value is -1.88. The lowest BCUT2D eigenvalue weighted by atomic mass is 9.93. The lowest BCUT2D eigenvalue weighted by Crippen LogP contribution is -2.35. The number of aromatic amines is 1. The van der Waals surface area contributed by atoms with Gasteiger partial charge in [0.2, 0.25) is 0 Å². The van der Waals surface area contributed by atoms with Gasteiger partial charge in [-0.1, -0.05) is 0 Å². The van der Waals surface area contributed by atoms with E-state index < -0.39 is 5.97 Å². The first-order chi connectivity index (χ1) is 10.2. The Balaban J connectivity index is 1.59. The number of aliphatic carboxylic acids is 1. The number of carboxylic acid groups (broad SMARTS) is 1. The van der Waals surface area contributed by atoms with E-state index in [2.05, 4.69) is 27.0 Å². The number of pyridine rings is 1. The minimum Gasteiger partial charge on any atom is -0.481 e. The van der Waals surface area contributed by atoms with Crippen molar-refractivity contribution in [2.45, 2.75) is 32.2 Å². The molecule has 0 aromatic carbocycles. The third-order valence-electron chi connectivity index (χ3n) is 4.22. The fourth-order valence-electron chi connectivity index (χ4n) is 3.15. The Kier molecular flexibility index (Phi) is 4.20. The van der Waals surface area contributed by atoms with Gasteiger partial charge in [0.05, 0.1) is 5.69 Å². The van der Waals surface area contributed by atoms with E-state index in [0.29, 0.717) is 5.92 Å². The van der Waals surface area contributed by atoms with Crippen LogP contribution < -0.4 is 0 Å². The molecule has 0 spiro atoms. The zero-order chi connectivity index (χ0) is 14.7. The molecule has 1 atom stereocenters. The van der Waals surface area contributed by atoms with E-state index >= 15 is 0 Å². The molecule has 1 aliphatic heterocycles. The molecule has 2 N–H and O–H groups in total. The van der Waals surface area contributed by atoms with Gasteiger partial charge >= 0.3 is 5.97 Å². The first-order valence-electron chi connectivity index (χ1n) is 7.58. The number of likely N-dealkylation sites (tertiary alicyclic amines) is 1. The van der Waals surface area contributed by atoms with Crippen LogP contribution in [0.3, 0.4) is 0 Å². The van der Waals surface area contributed by atoms with Gasteiger partial charge in [-0.2, -0.15) is 0 Å². The molecule has 1 saturated heterocycles. The highest BCUT2D eigenvalue weighted by molar-refractivity contribution is 5.75. The number of hydrogen-bond acceptors (Lipinski definition) is 3. The van der Waals surface area contributed by atoms with E-state index in [1.807, 2.05) is 12.3 Å². The standard InChI is InChI=1S/C16H21N3O2/c20-15(21)6-3-12-2-1-9-19(10-12)11-14-5-4-13-7-8-17-16(13)18-14/h4-5,7-8,12H,1-3,6,9-11H2,(H,17,18)(H,20,21). The van der Waals surface area contributed by atoms with Crippen molar-refractivity contribution < 1.29 is 9.90 Å². The first kappa shape index (κ1) is 14.1. The molecule has 0 bridgehead atoms. The van der Waals surface area contributed by atoms with Gasteiger partial charge in [-0.3, -0.25) is 9.69 Å². The number of H-pyrrole nitrogens is 1. The molecule has 5 heteroatoms. The number of carboxylic acids is 1. The van der Waals surface area contributed by atoms with Crippen LogP contribution in [0, 0.1) is 5.92 Å². The van der Waals surface area contributed by atoms with Crippen molar-refractivity contribution in [3.63, 3.8) is 0 Å². The maximum atomic E-state index is 10.7. The molecule has 0 saturated carbocycles. The summed E-state index contributed by atoms with van der Waals surface area (Å²) in [5.41, 5.74) is 2.01. The monoisotopic (exact) mass is 287 g/mol. The predicted molar refractivity (Wildman–Crippen MR) is 81.0 cm³/mol. The zero-order valence-corrected chi connectivity index (χ0v) is 12.1. The van der Waals surface area contributed by atoms with Crippen LogP contribution in [0.5, 0.6) is 0 Å². The van der Waals surface area contributed by atoms with Gasteiger partial charge in [0, 0.05) is 31.1 Å². The van der Waals surface area contributed by atoms with Gasteiger partial charge in [-0.05, 0) is 49.9 Å².